The lowest BCUT2D eigenvalue weighted by Gasteiger charge is -2.11. The first-order valence-corrected chi connectivity index (χ1v) is 5.62. The molecule has 0 fully saturated rings. The normalized spacial score (nSPS) is 9.88. The highest BCUT2D eigenvalue weighted by molar-refractivity contribution is 8.00. The topological polar surface area (TPSA) is 73.1 Å². The molecule has 0 atom stereocenters. The third kappa shape index (κ3) is 3.17. The Hall–Kier alpha value is -1.67. The van der Waals surface area contributed by atoms with Crippen molar-refractivity contribution in [3.8, 4) is 6.07 Å². The van der Waals surface area contributed by atoms with E-state index in [-0.39, 0.29) is 0 Å². The van der Waals surface area contributed by atoms with Crippen molar-refractivity contribution >= 4 is 23.5 Å². The van der Waals surface area contributed by atoms with E-state index < -0.39 is 6.09 Å². The predicted molar refractivity (Wildman–Crippen MR) is 63.8 cm³/mol. The lowest BCUT2D eigenvalue weighted by Crippen LogP contribution is -2.10. The van der Waals surface area contributed by atoms with Crippen LogP contribution in [-0.4, -0.2) is 16.4 Å². The van der Waals surface area contributed by atoms with Gasteiger partial charge >= 0.3 is 6.09 Å². The number of anilines is 1. The van der Waals surface area contributed by atoms with Gasteiger partial charge in [-0.2, -0.15) is 5.26 Å². The number of amides is 1. The summed E-state index contributed by atoms with van der Waals surface area (Å²) in [6.07, 6.45) is -1.16. The molecule has 0 heterocycles. The molecule has 16 heavy (non-hydrogen) atoms. The van der Waals surface area contributed by atoms with E-state index in [0.717, 1.165) is 4.90 Å². The van der Waals surface area contributed by atoms with Gasteiger partial charge in [-0.1, -0.05) is 19.9 Å². The van der Waals surface area contributed by atoms with Crippen molar-refractivity contribution < 1.29 is 9.90 Å². The summed E-state index contributed by atoms with van der Waals surface area (Å²) in [6, 6.07) is 7.12. The average molecular weight is 236 g/mol. The second-order valence-corrected chi connectivity index (χ2v) is 5.01. The maximum atomic E-state index is 10.6. The molecule has 1 rings (SSSR count). The van der Waals surface area contributed by atoms with Gasteiger partial charge in [-0.25, -0.2) is 4.79 Å². The number of hydrogen-bond acceptors (Lipinski definition) is 3. The standard InChI is InChI=1S/C11H12N2O2S/c1-7(2)16-9-5-3-4-8(6-12)10(9)13-11(14)15/h3-5,7,13H,1-2H3,(H,14,15). The third-order valence-corrected chi connectivity index (χ3v) is 2.81. The Morgan fingerprint density at radius 2 is 2.25 bits per heavy atom. The Balaban J connectivity index is 3.16. The molecule has 0 unspecified atom stereocenters. The SMILES string of the molecule is CC(C)Sc1cccc(C#N)c1NC(=O)O. The number of hydrogen-bond donors (Lipinski definition) is 2. The number of nitrogens with zero attached hydrogens (tertiary/aromatic N) is 1. The lowest BCUT2D eigenvalue weighted by molar-refractivity contribution is 0.209. The summed E-state index contributed by atoms with van der Waals surface area (Å²) in [5.41, 5.74) is 0.712. The average Bonchev–Trinajstić information content (AvgIpc) is 2.19. The van der Waals surface area contributed by atoms with Crippen molar-refractivity contribution in [3.05, 3.63) is 23.8 Å². The Morgan fingerprint density at radius 3 is 2.75 bits per heavy atom. The second-order valence-electron chi connectivity index (χ2n) is 3.39. The van der Waals surface area contributed by atoms with Gasteiger partial charge in [0, 0.05) is 10.1 Å². The maximum absolute atomic E-state index is 10.6. The van der Waals surface area contributed by atoms with Crippen LogP contribution in [0.4, 0.5) is 10.5 Å². The van der Waals surface area contributed by atoms with Crippen molar-refractivity contribution in [3.63, 3.8) is 0 Å². The first-order valence-electron chi connectivity index (χ1n) is 4.74. The molecule has 0 saturated heterocycles. The van der Waals surface area contributed by atoms with Gasteiger partial charge in [-0.15, -0.1) is 11.8 Å². The van der Waals surface area contributed by atoms with Gasteiger partial charge < -0.3 is 5.11 Å². The van der Waals surface area contributed by atoms with Crippen LogP contribution >= 0.6 is 11.8 Å². The zero-order valence-electron chi connectivity index (χ0n) is 9.02. The number of benzene rings is 1. The van der Waals surface area contributed by atoms with E-state index in [0.29, 0.717) is 16.5 Å². The summed E-state index contributed by atoms with van der Waals surface area (Å²) in [5.74, 6) is 0. The fourth-order valence-electron chi connectivity index (χ4n) is 1.21. The molecule has 0 aliphatic carbocycles. The van der Waals surface area contributed by atoms with Crippen LogP contribution in [-0.2, 0) is 0 Å². The highest BCUT2D eigenvalue weighted by Crippen LogP contribution is 2.32. The number of rotatable bonds is 3. The van der Waals surface area contributed by atoms with Crippen LogP contribution in [0.1, 0.15) is 19.4 Å². The molecule has 1 aromatic rings. The predicted octanol–water partition coefficient (Wildman–Crippen LogP) is 3.15. The van der Waals surface area contributed by atoms with Gasteiger partial charge in [0.05, 0.1) is 11.3 Å². The minimum absolute atomic E-state index is 0.322. The molecule has 0 aliphatic heterocycles. The van der Waals surface area contributed by atoms with Crippen molar-refractivity contribution in [2.75, 3.05) is 5.32 Å². The molecule has 1 amide bonds. The maximum Gasteiger partial charge on any atom is 0.409 e. The van der Waals surface area contributed by atoms with Crippen LogP contribution in [0.2, 0.25) is 0 Å². The van der Waals surface area contributed by atoms with Gasteiger partial charge in [0.15, 0.2) is 0 Å². The summed E-state index contributed by atoms with van der Waals surface area (Å²) in [5, 5.41) is 20.2. The van der Waals surface area contributed by atoms with E-state index in [1.165, 1.54) is 11.8 Å². The zero-order valence-corrected chi connectivity index (χ0v) is 9.84. The van der Waals surface area contributed by atoms with E-state index in [1.54, 1.807) is 18.2 Å². The number of thioether (sulfide) groups is 1. The number of carboxylic acid groups (broad SMARTS) is 1. The Kier molecular flexibility index (Phi) is 4.20. The van der Waals surface area contributed by atoms with Crippen LogP contribution in [0.3, 0.4) is 0 Å². The first kappa shape index (κ1) is 12.4. The van der Waals surface area contributed by atoms with Gasteiger partial charge in [0.25, 0.3) is 0 Å². The Labute approximate surface area is 98.3 Å². The molecule has 0 radical (unpaired) electrons. The summed E-state index contributed by atoms with van der Waals surface area (Å²) in [6.45, 7) is 4.02. The molecule has 1 aromatic carbocycles. The molecule has 2 N–H and O–H groups in total. The Morgan fingerprint density at radius 1 is 1.56 bits per heavy atom. The molecule has 5 heteroatoms. The quantitative estimate of drug-likeness (QED) is 0.791. The van der Waals surface area contributed by atoms with Crippen LogP contribution in [0.5, 0.6) is 0 Å². The van der Waals surface area contributed by atoms with E-state index in [9.17, 15) is 4.79 Å². The van der Waals surface area contributed by atoms with Crippen molar-refractivity contribution in [2.24, 2.45) is 0 Å². The zero-order chi connectivity index (χ0) is 12.1. The second kappa shape index (κ2) is 5.42. The van der Waals surface area contributed by atoms with Crippen LogP contribution in [0.15, 0.2) is 23.1 Å². The monoisotopic (exact) mass is 236 g/mol. The van der Waals surface area contributed by atoms with E-state index in [2.05, 4.69) is 5.32 Å². The molecule has 0 aliphatic rings. The van der Waals surface area contributed by atoms with Crippen molar-refractivity contribution in [1.29, 1.82) is 5.26 Å². The molecular formula is C11H12N2O2S. The van der Waals surface area contributed by atoms with Gasteiger partial charge in [-0.05, 0) is 12.1 Å². The fourth-order valence-corrected chi connectivity index (χ4v) is 2.16. The van der Waals surface area contributed by atoms with Gasteiger partial charge in [0.2, 0.25) is 0 Å². The number of para-hydroxylation sites is 1. The highest BCUT2D eigenvalue weighted by atomic mass is 32.2. The van der Waals surface area contributed by atoms with Crippen LogP contribution in [0.25, 0.3) is 0 Å². The Bertz CT molecular complexity index is 438. The van der Waals surface area contributed by atoms with Crippen molar-refractivity contribution in [1.82, 2.24) is 0 Å². The number of nitriles is 1. The first-order chi connectivity index (χ1) is 7.54. The molecule has 0 aromatic heterocycles. The fraction of sp³-hybridized carbons (Fsp3) is 0.273. The molecule has 84 valence electrons. The molecule has 0 spiro atoms. The van der Waals surface area contributed by atoms with E-state index in [4.69, 9.17) is 10.4 Å². The van der Waals surface area contributed by atoms with Crippen molar-refractivity contribution in [2.45, 2.75) is 24.0 Å². The van der Waals surface area contributed by atoms with E-state index >= 15 is 0 Å². The summed E-state index contributed by atoms with van der Waals surface area (Å²) in [7, 11) is 0. The molecule has 0 saturated carbocycles. The summed E-state index contributed by atoms with van der Waals surface area (Å²) < 4.78 is 0. The largest absolute Gasteiger partial charge is 0.465 e. The lowest BCUT2D eigenvalue weighted by atomic mass is 10.2. The summed E-state index contributed by atoms with van der Waals surface area (Å²) >= 11 is 1.52. The third-order valence-electron chi connectivity index (χ3n) is 1.74. The van der Waals surface area contributed by atoms with Gasteiger partial charge in [-0.3, -0.25) is 5.32 Å². The summed E-state index contributed by atoms with van der Waals surface area (Å²) in [4.78, 5) is 11.4. The molecule has 0 bridgehead atoms. The van der Waals surface area contributed by atoms with Crippen LogP contribution < -0.4 is 5.32 Å². The number of carbonyl (C=O) groups is 1. The van der Waals surface area contributed by atoms with Crippen LogP contribution in [0, 0.1) is 11.3 Å². The minimum atomic E-state index is -1.16. The molecule has 4 nitrogen and oxygen atoms in total. The number of nitrogens with one attached hydrogen (secondary N) is 1. The minimum Gasteiger partial charge on any atom is -0.465 e. The van der Waals surface area contributed by atoms with Gasteiger partial charge in [0.1, 0.15) is 6.07 Å². The molecular weight excluding hydrogens is 224 g/mol. The highest BCUT2D eigenvalue weighted by Gasteiger charge is 2.12. The van der Waals surface area contributed by atoms with E-state index in [1.807, 2.05) is 19.9 Å². The smallest absolute Gasteiger partial charge is 0.409 e.